The fraction of sp³-hybridized carbons (Fsp3) is 0.579. The smallest absolute Gasteiger partial charge is 0.208 e. The molecule has 1 saturated heterocycles. The summed E-state index contributed by atoms with van der Waals surface area (Å²) in [5.74, 6) is 1.79. The molecule has 1 aromatic carbocycles. The lowest BCUT2D eigenvalue weighted by Gasteiger charge is -2.26. The topological polar surface area (TPSA) is 80.1 Å². The lowest BCUT2D eigenvalue weighted by molar-refractivity contribution is 0.213. The van der Waals surface area contributed by atoms with Crippen LogP contribution in [0.4, 0.5) is 0 Å². The molecular weight excluding hydrogens is 394 g/mol. The Morgan fingerprint density at radius 2 is 1.82 bits per heavy atom. The normalized spacial score (nSPS) is 15.8. The molecule has 7 nitrogen and oxygen atoms in total. The molecule has 0 unspecified atom stereocenters. The highest BCUT2D eigenvalue weighted by atomic mass is 32.2. The highest BCUT2D eigenvalue weighted by Gasteiger charge is 2.17. The van der Waals surface area contributed by atoms with Crippen LogP contribution in [0.15, 0.2) is 35.5 Å². The first kappa shape index (κ1) is 21.3. The van der Waals surface area contributed by atoms with Crippen molar-refractivity contribution < 1.29 is 8.42 Å². The van der Waals surface area contributed by atoms with Crippen molar-refractivity contribution in [3.63, 3.8) is 0 Å². The Kier molecular flexibility index (Phi) is 7.90. The van der Waals surface area contributed by atoms with Gasteiger partial charge in [0.1, 0.15) is 5.82 Å². The highest BCUT2D eigenvalue weighted by molar-refractivity contribution is 7.99. The maximum absolute atomic E-state index is 11.2. The van der Waals surface area contributed by atoms with Crippen molar-refractivity contribution in [1.82, 2.24) is 24.4 Å². The molecule has 3 rings (SSSR count). The highest BCUT2D eigenvalue weighted by Crippen LogP contribution is 2.21. The number of nitrogens with one attached hydrogen (secondary N) is 1. The molecule has 2 aromatic rings. The zero-order valence-electron chi connectivity index (χ0n) is 16.4. The summed E-state index contributed by atoms with van der Waals surface area (Å²) in [5.41, 5.74) is 1.22. The van der Waals surface area contributed by atoms with E-state index in [2.05, 4.69) is 36.5 Å². The van der Waals surface area contributed by atoms with Crippen molar-refractivity contribution in [1.29, 1.82) is 0 Å². The number of sulfonamides is 1. The lowest BCUT2D eigenvalue weighted by Crippen LogP contribution is -2.30. The second kappa shape index (κ2) is 10.4. The van der Waals surface area contributed by atoms with Crippen LogP contribution in [0, 0.1) is 0 Å². The van der Waals surface area contributed by atoms with E-state index in [-0.39, 0.29) is 0 Å². The number of hydrogen-bond acceptors (Lipinski definition) is 6. The van der Waals surface area contributed by atoms with Gasteiger partial charge in [-0.2, -0.15) is 0 Å². The summed E-state index contributed by atoms with van der Waals surface area (Å²) in [6, 6.07) is 10.4. The number of likely N-dealkylation sites (tertiary alicyclic amines) is 1. The maximum Gasteiger partial charge on any atom is 0.208 e. The Hall–Kier alpha value is -1.42. The summed E-state index contributed by atoms with van der Waals surface area (Å²) >= 11 is 1.64. The third-order valence-corrected chi connectivity index (χ3v) is 6.49. The standard InChI is InChI=1S/C19H29N5O2S2/c1-28(25,26)20-11-8-14-27-19-22-21-18(16-23-12-6-3-7-13-23)24(19)15-17-9-4-2-5-10-17/h2,4-5,9-10,20H,3,6-8,11-16H2,1H3. The van der Waals surface area contributed by atoms with Crippen LogP contribution in [0.3, 0.4) is 0 Å². The van der Waals surface area contributed by atoms with Gasteiger partial charge in [0, 0.05) is 12.3 Å². The summed E-state index contributed by atoms with van der Waals surface area (Å²) < 4.78 is 27.1. The zero-order valence-corrected chi connectivity index (χ0v) is 18.0. The molecule has 0 bridgehead atoms. The second-order valence-corrected chi connectivity index (χ2v) is 10.1. The first-order chi connectivity index (χ1) is 13.5. The van der Waals surface area contributed by atoms with Crippen LogP contribution in [-0.4, -0.2) is 59.7 Å². The van der Waals surface area contributed by atoms with Crippen molar-refractivity contribution in [2.24, 2.45) is 0 Å². The Morgan fingerprint density at radius 1 is 1.07 bits per heavy atom. The van der Waals surface area contributed by atoms with Crippen LogP contribution in [0.1, 0.15) is 37.1 Å². The summed E-state index contributed by atoms with van der Waals surface area (Å²) in [6.07, 6.45) is 5.75. The van der Waals surface area contributed by atoms with E-state index in [0.717, 1.165) is 49.3 Å². The van der Waals surface area contributed by atoms with E-state index in [1.165, 1.54) is 31.1 Å². The molecule has 9 heteroatoms. The summed E-state index contributed by atoms with van der Waals surface area (Å²) in [7, 11) is -3.13. The van der Waals surface area contributed by atoms with Gasteiger partial charge in [0.25, 0.3) is 0 Å². The molecule has 1 aliphatic heterocycles. The molecular formula is C19H29N5O2S2. The SMILES string of the molecule is CS(=O)(=O)NCCCSc1nnc(CN2CCCCC2)n1Cc1ccccc1. The number of piperidine rings is 1. The number of benzene rings is 1. The molecule has 28 heavy (non-hydrogen) atoms. The zero-order chi connectivity index (χ0) is 19.8. The summed E-state index contributed by atoms with van der Waals surface area (Å²) in [4.78, 5) is 2.46. The van der Waals surface area contributed by atoms with Crippen LogP contribution < -0.4 is 4.72 Å². The quantitative estimate of drug-likeness (QED) is 0.467. The van der Waals surface area contributed by atoms with Crippen LogP contribution in [0.25, 0.3) is 0 Å². The predicted octanol–water partition coefficient (Wildman–Crippen LogP) is 2.34. The molecule has 0 amide bonds. The van der Waals surface area contributed by atoms with E-state index in [0.29, 0.717) is 6.54 Å². The molecule has 154 valence electrons. The van der Waals surface area contributed by atoms with Crippen molar-refractivity contribution in [2.45, 2.75) is 43.9 Å². The minimum Gasteiger partial charge on any atom is -0.300 e. The van der Waals surface area contributed by atoms with Gasteiger partial charge in [-0.3, -0.25) is 4.90 Å². The number of thioether (sulfide) groups is 1. The minimum absolute atomic E-state index is 0.444. The van der Waals surface area contributed by atoms with Gasteiger partial charge in [-0.15, -0.1) is 10.2 Å². The molecule has 1 fully saturated rings. The van der Waals surface area contributed by atoms with Crippen LogP contribution in [0.2, 0.25) is 0 Å². The van der Waals surface area contributed by atoms with E-state index in [9.17, 15) is 8.42 Å². The molecule has 0 atom stereocenters. The fourth-order valence-electron chi connectivity index (χ4n) is 3.28. The van der Waals surface area contributed by atoms with Gasteiger partial charge in [0.15, 0.2) is 5.16 Å². The van der Waals surface area contributed by atoms with Gasteiger partial charge in [0.2, 0.25) is 10.0 Å². The Balaban J connectivity index is 1.65. The van der Waals surface area contributed by atoms with E-state index in [4.69, 9.17) is 0 Å². The predicted molar refractivity (Wildman–Crippen MR) is 113 cm³/mol. The Morgan fingerprint density at radius 3 is 2.54 bits per heavy atom. The van der Waals surface area contributed by atoms with Gasteiger partial charge in [0.05, 0.1) is 19.3 Å². The molecule has 1 aliphatic rings. The average molecular weight is 424 g/mol. The minimum atomic E-state index is -3.13. The molecule has 1 N–H and O–H groups in total. The first-order valence-electron chi connectivity index (χ1n) is 9.77. The van der Waals surface area contributed by atoms with E-state index in [1.807, 2.05) is 18.2 Å². The number of rotatable bonds is 10. The number of nitrogens with zero attached hydrogens (tertiary/aromatic N) is 4. The fourth-order valence-corrected chi connectivity index (χ4v) is 4.69. The largest absolute Gasteiger partial charge is 0.300 e. The van der Waals surface area contributed by atoms with Gasteiger partial charge >= 0.3 is 0 Å². The monoisotopic (exact) mass is 423 g/mol. The van der Waals surface area contributed by atoms with Crippen LogP contribution >= 0.6 is 11.8 Å². The third-order valence-electron chi connectivity index (χ3n) is 4.71. The maximum atomic E-state index is 11.2. The molecule has 0 spiro atoms. The lowest BCUT2D eigenvalue weighted by atomic mass is 10.1. The van der Waals surface area contributed by atoms with Crippen LogP contribution in [0.5, 0.6) is 0 Å². The summed E-state index contributed by atoms with van der Waals surface area (Å²) in [5, 5.41) is 9.82. The molecule has 0 saturated carbocycles. The van der Waals surface area contributed by atoms with Crippen molar-refractivity contribution in [3.8, 4) is 0 Å². The average Bonchev–Trinajstić information content (AvgIpc) is 3.04. The molecule has 1 aromatic heterocycles. The number of aromatic nitrogens is 3. The third kappa shape index (κ3) is 6.88. The second-order valence-electron chi connectivity index (χ2n) is 7.18. The van der Waals surface area contributed by atoms with Gasteiger partial charge in [-0.05, 0) is 37.9 Å². The summed E-state index contributed by atoms with van der Waals surface area (Å²) in [6.45, 7) is 4.27. The van der Waals surface area contributed by atoms with E-state index >= 15 is 0 Å². The van der Waals surface area contributed by atoms with Crippen molar-refractivity contribution in [3.05, 3.63) is 41.7 Å². The Bertz CT molecular complexity index is 833. The van der Waals surface area contributed by atoms with Crippen LogP contribution in [-0.2, 0) is 23.1 Å². The van der Waals surface area contributed by atoms with Crippen molar-refractivity contribution >= 4 is 21.8 Å². The number of hydrogen-bond donors (Lipinski definition) is 1. The van der Waals surface area contributed by atoms with E-state index < -0.39 is 10.0 Å². The molecule has 0 radical (unpaired) electrons. The van der Waals surface area contributed by atoms with Gasteiger partial charge < -0.3 is 4.57 Å². The Labute approximate surface area is 172 Å². The van der Waals surface area contributed by atoms with Gasteiger partial charge in [-0.1, -0.05) is 48.5 Å². The van der Waals surface area contributed by atoms with E-state index in [1.54, 1.807) is 11.8 Å². The molecule has 2 heterocycles. The van der Waals surface area contributed by atoms with Gasteiger partial charge in [-0.25, -0.2) is 13.1 Å². The first-order valence-corrected chi connectivity index (χ1v) is 12.6. The van der Waals surface area contributed by atoms with Crippen molar-refractivity contribution in [2.75, 3.05) is 31.6 Å². The molecule has 0 aliphatic carbocycles.